The fraction of sp³-hybridized carbons (Fsp3) is 0.464. The molecule has 0 saturated heterocycles. The van der Waals surface area contributed by atoms with Gasteiger partial charge in [-0.25, -0.2) is 9.59 Å². The van der Waals surface area contributed by atoms with E-state index < -0.39 is 18.1 Å². The second-order valence-corrected chi connectivity index (χ2v) is 9.57. The first-order chi connectivity index (χ1) is 17.0. The number of carbonyl (C=O) groups is 3. The number of benzene rings is 2. The van der Waals surface area contributed by atoms with E-state index in [-0.39, 0.29) is 36.8 Å². The van der Waals surface area contributed by atoms with Gasteiger partial charge in [0.2, 0.25) is 5.91 Å². The number of alkyl carbamates (subject to hydrolysis) is 1. The lowest BCUT2D eigenvalue weighted by Gasteiger charge is -2.32. The molecule has 2 amide bonds. The highest BCUT2D eigenvalue weighted by Gasteiger charge is 2.32. The number of hydrogen-bond acceptors (Lipinski definition) is 4. The summed E-state index contributed by atoms with van der Waals surface area (Å²) in [6.07, 6.45) is 4.34. The van der Waals surface area contributed by atoms with Crippen molar-refractivity contribution in [3.63, 3.8) is 0 Å². The van der Waals surface area contributed by atoms with Gasteiger partial charge in [0.15, 0.2) is 0 Å². The third-order valence-corrected chi connectivity index (χ3v) is 7.21. The van der Waals surface area contributed by atoms with Crippen LogP contribution in [0.15, 0.2) is 48.5 Å². The first-order valence-corrected chi connectivity index (χ1v) is 12.6. The number of nitrogens with one attached hydrogen (secondary N) is 2. The van der Waals surface area contributed by atoms with Gasteiger partial charge >= 0.3 is 12.1 Å². The quantitative estimate of drug-likeness (QED) is 0.478. The SMILES string of the molecule is CCC[C@@H](NC(=O)C[C@@H]1CCCC[C@@H]1NC(=O)OCC1c2ccccc2-c2ccccc21)C(=O)O. The molecule has 0 bridgehead atoms. The molecule has 7 heteroatoms. The van der Waals surface area contributed by atoms with Crippen molar-refractivity contribution in [2.45, 2.75) is 69.9 Å². The predicted octanol–water partition coefficient (Wildman–Crippen LogP) is 4.84. The molecule has 0 unspecified atom stereocenters. The van der Waals surface area contributed by atoms with Gasteiger partial charge in [0.25, 0.3) is 0 Å². The average Bonchev–Trinajstić information content (AvgIpc) is 3.17. The highest BCUT2D eigenvalue weighted by molar-refractivity contribution is 5.83. The van der Waals surface area contributed by atoms with E-state index in [9.17, 15) is 19.5 Å². The Kier molecular flexibility index (Phi) is 8.06. The van der Waals surface area contributed by atoms with Crippen LogP contribution in [0.2, 0.25) is 0 Å². The molecule has 35 heavy (non-hydrogen) atoms. The van der Waals surface area contributed by atoms with Crippen molar-refractivity contribution in [1.29, 1.82) is 0 Å². The first kappa shape index (κ1) is 24.8. The summed E-state index contributed by atoms with van der Waals surface area (Å²) in [5.41, 5.74) is 4.68. The minimum absolute atomic E-state index is 0.00685. The van der Waals surface area contributed by atoms with Gasteiger partial charge in [0.05, 0.1) is 0 Å². The van der Waals surface area contributed by atoms with Crippen LogP contribution in [0.4, 0.5) is 4.79 Å². The number of ether oxygens (including phenoxy) is 1. The van der Waals surface area contributed by atoms with Gasteiger partial charge in [-0.3, -0.25) is 4.79 Å². The number of aliphatic carboxylic acids is 1. The van der Waals surface area contributed by atoms with E-state index in [0.29, 0.717) is 12.8 Å². The van der Waals surface area contributed by atoms with E-state index in [4.69, 9.17) is 4.74 Å². The Bertz CT molecular complexity index is 1020. The molecule has 0 aromatic heterocycles. The van der Waals surface area contributed by atoms with E-state index in [1.807, 2.05) is 31.2 Å². The van der Waals surface area contributed by atoms with Crippen molar-refractivity contribution >= 4 is 18.0 Å². The van der Waals surface area contributed by atoms with Crippen molar-refractivity contribution in [3.8, 4) is 11.1 Å². The number of rotatable bonds is 9. The van der Waals surface area contributed by atoms with Crippen LogP contribution < -0.4 is 10.6 Å². The summed E-state index contributed by atoms with van der Waals surface area (Å²) in [7, 11) is 0. The monoisotopic (exact) mass is 478 g/mol. The van der Waals surface area contributed by atoms with Gasteiger partial charge in [-0.1, -0.05) is 74.7 Å². The van der Waals surface area contributed by atoms with Gasteiger partial charge in [-0.05, 0) is 47.4 Å². The third kappa shape index (κ3) is 5.84. The van der Waals surface area contributed by atoms with Crippen molar-refractivity contribution in [2.75, 3.05) is 6.61 Å². The molecule has 1 saturated carbocycles. The highest BCUT2D eigenvalue weighted by Crippen LogP contribution is 2.44. The normalized spacial score (nSPS) is 19.8. The van der Waals surface area contributed by atoms with Crippen molar-refractivity contribution in [2.24, 2.45) is 5.92 Å². The second-order valence-electron chi connectivity index (χ2n) is 9.57. The van der Waals surface area contributed by atoms with E-state index in [2.05, 4.69) is 34.9 Å². The average molecular weight is 479 g/mol. The maximum atomic E-state index is 12.8. The minimum atomic E-state index is -1.02. The molecule has 4 rings (SSSR count). The first-order valence-electron chi connectivity index (χ1n) is 12.6. The molecule has 0 aliphatic heterocycles. The molecule has 1 fully saturated rings. The van der Waals surface area contributed by atoms with E-state index >= 15 is 0 Å². The van der Waals surface area contributed by atoms with Crippen molar-refractivity contribution in [1.82, 2.24) is 10.6 Å². The number of hydrogen-bond donors (Lipinski definition) is 3. The lowest BCUT2D eigenvalue weighted by Crippen LogP contribution is -2.46. The summed E-state index contributed by atoms with van der Waals surface area (Å²) in [6, 6.07) is 15.4. The molecule has 2 aliphatic carbocycles. The lowest BCUT2D eigenvalue weighted by molar-refractivity contribution is -0.142. The van der Waals surface area contributed by atoms with Crippen LogP contribution in [0.3, 0.4) is 0 Å². The van der Waals surface area contributed by atoms with Crippen LogP contribution in [0.25, 0.3) is 11.1 Å². The number of carboxylic acids is 1. The van der Waals surface area contributed by atoms with Crippen molar-refractivity contribution < 1.29 is 24.2 Å². The smallest absolute Gasteiger partial charge is 0.407 e. The van der Waals surface area contributed by atoms with E-state index in [0.717, 1.165) is 36.8 Å². The fourth-order valence-corrected chi connectivity index (χ4v) is 5.47. The third-order valence-electron chi connectivity index (χ3n) is 7.21. The van der Waals surface area contributed by atoms with Gasteiger partial charge < -0.3 is 20.5 Å². The van der Waals surface area contributed by atoms with Crippen LogP contribution in [-0.4, -0.2) is 41.8 Å². The Morgan fingerprint density at radius 3 is 2.26 bits per heavy atom. The summed E-state index contributed by atoms with van der Waals surface area (Å²) in [5, 5.41) is 14.9. The maximum Gasteiger partial charge on any atom is 0.407 e. The number of carboxylic acid groups (broad SMARTS) is 1. The zero-order valence-corrected chi connectivity index (χ0v) is 20.2. The number of amides is 2. The maximum absolute atomic E-state index is 12.8. The van der Waals surface area contributed by atoms with Gasteiger partial charge in [0.1, 0.15) is 12.6 Å². The zero-order chi connectivity index (χ0) is 24.8. The van der Waals surface area contributed by atoms with Crippen LogP contribution >= 0.6 is 0 Å². The molecular formula is C28H34N2O5. The van der Waals surface area contributed by atoms with E-state index in [1.165, 1.54) is 11.1 Å². The molecule has 7 nitrogen and oxygen atoms in total. The number of fused-ring (bicyclic) bond motifs is 3. The fourth-order valence-electron chi connectivity index (χ4n) is 5.47. The molecule has 2 aromatic rings. The summed E-state index contributed by atoms with van der Waals surface area (Å²) in [6.45, 7) is 2.13. The van der Waals surface area contributed by atoms with Gasteiger partial charge in [0, 0.05) is 18.4 Å². The largest absolute Gasteiger partial charge is 0.480 e. The lowest BCUT2D eigenvalue weighted by atomic mass is 9.82. The Morgan fingerprint density at radius 2 is 1.63 bits per heavy atom. The predicted molar refractivity (Wildman–Crippen MR) is 133 cm³/mol. The molecule has 0 spiro atoms. The Morgan fingerprint density at radius 1 is 1.00 bits per heavy atom. The molecule has 2 aromatic carbocycles. The van der Waals surface area contributed by atoms with Crippen LogP contribution in [0, 0.1) is 5.92 Å². The second kappa shape index (κ2) is 11.4. The Hall–Kier alpha value is -3.35. The molecule has 186 valence electrons. The van der Waals surface area contributed by atoms with Crippen LogP contribution in [0.1, 0.15) is 68.9 Å². The van der Waals surface area contributed by atoms with Crippen LogP contribution in [-0.2, 0) is 14.3 Å². The van der Waals surface area contributed by atoms with Crippen LogP contribution in [0.5, 0.6) is 0 Å². The summed E-state index contributed by atoms with van der Waals surface area (Å²) < 4.78 is 5.70. The molecular weight excluding hydrogens is 444 g/mol. The highest BCUT2D eigenvalue weighted by atomic mass is 16.5. The molecule has 3 atom stereocenters. The standard InChI is InChI=1S/C28H34N2O5/c1-2-9-25(27(32)33)29-26(31)16-18-10-3-8-15-24(18)30-28(34)35-17-23-21-13-6-4-11-19(21)20-12-5-7-14-22(20)23/h4-7,11-14,18,23-25H,2-3,8-10,15-17H2,1H3,(H,29,31)(H,30,34)(H,32,33)/t18-,24-,25+/m0/s1. The summed E-state index contributed by atoms with van der Waals surface area (Å²) in [5.74, 6) is -1.35. The van der Waals surface area contributed by atoms with Gasteiger partial charge in [-0.15, -0.1) is 0 Å². The molecule has 0 radical (unpaired) electrons. The number of carbonyl (C=O) groups excluding carboxylic acids is 2. The van der Waals surface area contributed by atoms with E-state index in [1.54, 1.807) is 0 Å². The van der Waals surface area contributed by atoms with Crippen molar-refractivity contribution in [3.05, 3.63) is 59.7 Å². The summed E-state index contributed by atoms with van der Waals surface area (Å²) in [4.78, 5) is 36.7. The topological polar surface area (TPSA) is 105 Å². The zero-order valence-electron chi connectivity index (χ0n) is 20.2. The molecule has 0 heterocycles. The minimum Gasteiger partial charge on any atom is -0.480 e. The summed E-state index contributed by atoms with van der Waals surface area (Å²) >= 11 is 0. The Balaban J connectivity index is 1.34. The van der Waals surface area contributed by atoms with Gasteiger partial charge in [-0.2, -0.15) is 0 Å². The Labute approximate surface area is 206 Å². The molecule has 3 N–H and O–H groups in total. The molecule has 2 aliphatic rings.